The van der Waals surface area contributed by atoms with Crippen LogP contribution in [-0.4, -0.2) is 92.5 Å². The zero-order valence-electron chi connectivity index (χ0n) is 53.9. The molecule has 14 rings (SSSR count). The average molecular weight is 1160 g/mol. The summed E-state index contributed by atoms with van der Waals surface area (Å²) in [4.78, 5) is 0. The number of hydrogen-bond acceptors (Lipinski definition) is 11. The molecule has 85 heavy (non-hydrogen) atoms. The topological polar surface area (TPSA) is 102 Å². The fourth-order valence-electron chi connectivity index (χ4n) is 10.6. The molecule has 7 aliphatic heterocycles. The highest BCUT2D eigenvalue weighted by Crippen LogP contribution is 2.45. The van der Waals surface area contributed by atoms with E-state index in [0.29, 0.717) is 118 Å². The number of rotatable bonds is 6. The lowest BCUT2D eigenvalue weighted by molar-refractivity contribution is 0.00498. The first-order chi connectivity index (χ1) is 40.6. The van der Waals surface area contributed by atoms with Crippen molar-refractivity contribution in [3.8, 4) is 46.0 Å². The van der Waals surface area contributed by atoms with Crippen molar-refractivity contribution in [2.24, 2.45) is 0 Å². The van der Waals surface area contributed by atoms with Crippen LogP contribution in [0.4, 0.5) is 0 Å². The summed E-state index contributed by atoms with van der Waals surface area (Å²) < 4.78 is 70.7. The third kappa shape index (κ3) is 18.3. The molecular formula is C74H98O11. The van der Waals surface area contributed by atoms with Gasteiger partial charge in [0.1, 0.15) is 85.6 Å². The molecule has 11 nitrogen and oxygen atoms in total. The average Bonchev–Trinajstić information content (AvgIpc) is 1.38. The highest BCUT2D eigenvalue weighted by Gasteiger charge is 2.30. The van der Waals surface area contributed by atoms with Crippen LogP contribution < -0.4 is 37.9 Å². The van der Waals surface area contributed by atoms with Crippen LogP contribution in [0.3, 0.4) is 0 Å². The maximum absolute atomic E-state index is 7.21. The van der Waals surface area contributed by atoms with Crippen LogP contribution in [0.2, 0.25) is 0 Å². The van der Waals surface area contributed by atoms with Gasteiger partial charge in [0.2, 0.25) is 0 Å². The van der Waals surface area contributed by atoms with Crippen molar-refractivity contribution >= 4 is 0 Å². The molecule has 0 atom stereocenters. The number of benzene rings is 6. The predicted molar refractivity (Wildman–Crippen MR) is 342 cm³/mol. The summed E-state index contributed by atoms with van der Waals surface area (Å²) in [6.07, 6.45) is 4.02. The highest BCUT2D eigenvalue weighted by molar-refractivity contribution is 5.60. The first kappa shape index (κ1) is 64.6. The van der Waals surface area contributed by atoms with Crippen LogP contribution in [-0.2, 0) is 61.6 Å². The molecular weight excluding hydrogens is 1060 g/mol. The Labute approximate surface area is 509 Å². The van der Waals surface area contributed by atoms with Gasteiger partial charge in [-0.2, -0.15) is 0 Å². The fraction of sp³-hybridized carbons (Fsp3) is 0.514. The maximum atomic E-state index is 7.21. The molecule has 11 heteroatoms. The van der Waals surface area contributed by atoms with Crippen molar-refractivity contribution in [2.45, 2.75) is 157 Å². The Balaban J connectivity index is 1.32. The maximum Gasteiger partial charge on any atom is 0.126 e. The van der Waals surface area contributed by atoms with Gasteiger partial charge in [-0.3, -0.25) is 0 Å². The molecule has 7 heterocycles. The standard InChI is InChI=1S/C74H98O11/c1-15-25-82-67-51-39-55-47-61(73(9,10)11)49-57-41-53-45-60(72(6,7)8)46-54(68(53)83-26-16-2)42-58-50-62(74(12,13)14)48-56(40-52(67)44-59(43-51)71(3,4)5)70(58)85-38-36-81-66-23-19-64(20-24-66)79-34-32-77-30-28-75-27-29-76-31-33-78-63-17-21-65(22-18-63)80-35-37-84-69(55)57/h17-24,43-50H,15-16,25-42H2,1-14H3. The van der Waals surface area contributed by atoms with E-state index in [1.807, 2.05) is 48.5 Å². The smallest absolute Gasteiger partial charge is 0.126 e. The molecule has 6 aromatic rings. The molecule has 6 aromatic carbocycles. The first-order valence-corrected chi connectivity index (χ1v) is 31.2. The van der Waals surface area contributed by atoms with Crippen LogP contribution in [0, 0.1) is 0 Å². The third-order valence-corrected chi connectivity index (χ3v) is 15.4. The monoisotopic (exact) mass is 1160 g/mol. The van der Waals surface area contributed by atoms with E-state index >= 15 is 0 Å². The van der Waals surface area contributed by atoms with Crippen molar-refractivity contribution in [1.29, 1.82) is 0 Å². The van der Waals surface area contributed by atoms with Crippen molar-refractivity contribution in [2.75, 3.05) is 92.5 Å². The fourth-order valence-corrected chi connectivity index (χ4v) is 10.6. The summed E-state index contributed by atoms with van der Waals surface area (Å²) in [7, 11) is 0. The summed E-state index contributed by atoms with van der Waals surface area (Å²) >= 11 is 0. The van der Waals surface area contributed by atoms with Crippen molar-refractivity contribution in [3.63, 3.8) is 0 Å². The van der Waals surface area contributed by atoms with Gasteiger partial charge in [0, 0.05) is 25.7 Å². The molecule has 460 valence electrons. The molecule has 0 saturated heterocycles. The van der Waals surface area contributed by atoms with Gasteiger partial charge in [-0.15, -0.1) is 0 Å². The Bertz CT molecular complexity index is 2790. The highest BCUT2D eigenvalue weighted by atomic mass is 16.6. The SMILES string of the molecule is CCCOc1c2cc(C(C)(C)C)cc1Cc1cc(C(C)(C)C)cc3c1OCCOc1ccc(cc1)OCCOCCOCCOCCOc1ccc(cc1)OCCOc1c(cc(C(C)(C)C)cc1Cc1cc(C(C)(C)C)cc(c1OCCC)C3)C2. The van der Waals surface area contributed by atoms with Gasteiger partial charge >= 0.3 is 0 Å². The quantitative estimate of drug-likeness (QED) is 0.159. The minimum absolute atomic E-state index is 0.181. The first-order valence-electron chi connectivity index (χ1n) is 31.2. The molecule has 0 aromatic heterocycles. The van der Waals surface area contributed by atoms with E-state index in [2.05, 4.69) is 145 Å². The van der Waals surface area contributed by atoms with E-state index in [-0.39, 0.29) is 21.7 Å². The second-order valence-corrected chi connectivity index (χ2v) is 26.8. The minimum atomic E-state index is -0.181. The van der Waals surface area contributed by atoms with Gasteiger partial charge in [0.05, 0.1) is 52.9 Å². The van der Waals surface area contributed by atoms with Crippen LogP contribution in [0.5, 0.6) is 46.0 Å². The van der Waals surface area contributed by atoms with Gasteiger partial charge in [0.25, 0.3) is 0 Å². The third-order valence-electron chi connectivity index (χ3n) is 15.4. The summed E-state index contributed by atoms with van der Waals surface area (Å²) in [5.74, 6) is 6.48. The van der Waals surface area contributed by atoms with Gasteiger partial charge in [-0.05, 0) is 150 Å². The van der Waals surface area contributed by atoms with Crippen LogP contribution in [0.15, 0.2) is 97.1 Å². The van der Waals surface area contributed by atoms with E-state index in [0.717, 1.165) is 103 Å². The molecule has 0 N–H and O–H groups in total. The molecule has 0 spiro atoms. The second kappa shape index (κ2) is 29.3. The Kier molecular flexibility index (Phi) is 22.3. The van der Waals surface area contributed by atoms with Gasteiger partial charge in [-0.25, -0.2) is 0 Å². The summed E-state index contributed by atoms with van der Waals surface area (Å²) in [6, 6.07) is 34.5. The van der Waals surface area contributed by atoms with E-state index in [9.17, 15) is 0 Å². The van der Waals surface area contributed by atoms with Crippen molar-refractivity contribution < 1.29 is 52.1 Å². The lowest BCUT2D eigenvalue weighted by Crippen LogP contribution is -2.19. The summed E-state index contributed by atoms with van der Waals surface area (Å²) in [5.41, 5.74) is 13.1. The molecule has 0 amide bonds. The van der Waals surface area contributed by atoms with Crippen molar-refractivity contribution in [1.82, 2.24) is 0 Å². The molecule has 0 unspecified atom stereocenters. The van der Waals surface area contributed by atoms with Gasteiger partial charge in [0.15, 0.2) is 0 Å². The van der Waals surface area contributed by atoms with Crippen LogP contribution in [0.25, 0.3) is 0 Å². The molecule has 0 saturated carbocycles. The van der Waals surface area contributed by atoms with Gasteiger partial charge in [-0.1, -0.05) is 145 Å². The zero-order valence-corrected chi connectivity index (χ0v) is 53.9. The van der Waals surface area contributed by atoms with E-state index in [4.69, 9.17) is 52.1 Å². The Morgan fingerprint density at radius 2 is 0.506 bits per heavy atom. The van der Waals surface area contributed by atoms with E-state index < -0.39 is 0 Å². The molecule has 0 radical (unpaired) electrons. The number of hydrogen-bond donors (Lipinski definition) is 0. The Morgan fingerprint density at radius 3 is 0.741 bits per heavy atom. The normalized spacial score (nSPS) is 15.7. The number of ether oxygens (including phenoxy) is 11. The molecule has 14 bridgehead atoms. The van der Waals surface area contributed by atoms with Crippen molar-refractivity contribution in [3.05, 3.63) is 164 Å². The predicted octanol–water partition coefficient (Wildman–Crippen LogP) is 15.9. The molecule has 0 fully saturated rings. The van der Waals surface area contributed by atoms with Crippen LogP contribution in [0.1, 0.15) is 177 Å². The lowest BCUT2D eigenvalue weighted by atomic mass is 9.79. The van der Waals surface area contributed by atoms with E-state index in [1.54, 1.807) is 0 Å². The zero-order chi connectivity index (χ0) is 60.8. The largest absolute Gasteiger partial charge is 0.493 e. The van der Waals surface area contributed by atoms with E-state index in [1.165, 1.54) is 22.3 Å². The molecule has 1 aliphatic carbocycles. The molecule has 8 aliphatic rings. The lowest BCUT2D eigenvalue weighted by Gasteiger charge is -2.29. The summed E-state index contributed by atoms with van der Waals surface area (Å²) in [6.45, 7) is 38.0. The second-order valence-electron chi connectivity index (χ2n) is 26.8. The minimum Gasteiger partial charge on any atom is -0.493 e. The Hall–Kier alpha value is -6.40. The Morgan fingerprint density at radius 1 is 0.294 bits per heavy atom. The van der Waals surface area contributed by atoms with Gasteiger partial charge < -0.3 is 52.1 Å². The van der Waals surface area contributed by atoms with Crippen LogP contribution >= 0.6 is 0 Å². The summed E-state index contributed by atoms with van der Waals surface area (Å²) in [5, 5.41) is 0.